The number of halogens is 6. The van der Waals surface area contributed by atoms with Crippen LogP contribution in [0.4, 0.5) is 49.1 Å². The van der Waals surface area contributed by atoms with E-state index in [1.54, 1.807) is 10.6 Å². The zero-order chi connectivity index (χ0) is 23.8. The maximum Gasteiger partial charge on any atom is 0.471 e. The van der Waals surface area contributed by atoms with E-state index in [1.165, 1.54) is 12.1 Å². The standard InChI is InChI=1S/C18H12F6N4O4/c19-17(20,21)15(29)25-11-5-3-9-1-2-10-4-6-12(26-16(30)18(22,23)24)8-14(10)28(32)27(31)13(9)7-11/h3-8H,1-2H2,(H,25,29)(H,26,30)/b28-27-. The van der Waals surface area contributed by atoms with Gasteiger partial charge in [0, 0.05) is 34.6 Å². The molecule has 1 aliphatic rings. The molecule has 2 aromatic carbocycles. The largest absolute Gasteiger partial charge is 0.561 e. The van der Waals surface area contributed by atoms with E-state index in [-0.39, 0.29) is 45.1 Å². The van der Waals surface area contributed by atoms with Crippen LogP contribution in [0.15, 0.2) is 36.4 Å². The molecule has 0 radical (unpaired) electrons. The molecule has 0 unspecified atom stereocenters. The molecule has 0 saturated carbocycles. The van der Waals surface area contributed by atoms with E-state index >= 15 is 0 Å². The lowest BCUT2D eigenvalue weighted by molar-refractivity contribution is -0.897. The highest BCUT2D eigenvalue weighted by molar-refractivity contribution is 5.95. The highest BCUT2D eigenvalue weighted by Crippen LogP contribution is 2.33. The summed E-state index contributed by atoms with van der Waals surface area (Å²) in [7, 11) is 0. The fourth-order valence-electron chi connectivity index (χ4n) is 2.93. The maximum absolute atomic E-state index is 12.6. The van der Waals surface area contributed by atoms with Gasteiger partial charge in [0.25, 0.3) is 11.4 Å². The predicted molar refractivity (Wildman–Crippen MR) is 96.2 cm³/mol. The van der Waals surface area contributed by atoms with Crippen LogP contribution in [-0.2, 0) is 22.4 Å². The lowest BCUT2D eigenvalue weighted by Gasteiger charge is -2.15. The van der Waals surface area contributed by atoms with Gasteiger partial charge in [0.05, 0.1) is 9.72 Å². The lowest BCUT2D eigenvalue weighted by atomic mass is 10.00. The second kappa shape index (κ2) is 8.01. The van der Waals surface area contributed by atoms with Crippen LogP contribution < -0.4 is 10.6 Å². The Bertz CT molecular complexity index is 1040. The summed E-state index contributed by atoms with van der Waals surface area (Å²) in [5.41, 5.74) is -0.956. The molecule has 0 saturated heterocycles. The number of rotatable bonds is 2. The minimum Gasteiger partial charge on any atom is -0.561 e. The number of nitrogens with zero attached hydrogens (tertiary/aromatic N) is 2. The number of alkyl halides is 6. The van der Waals surface area contributed by atoms with E-state index in [1.807, 2.05) is 0 Å². The average Bonchev–Trinajstić information content (AvgIpc) is 2.70. The van der Waals surface area contributed by atoms with Crippen LogP contribution in [-0.4, -0.2) is 33.9 Å². The highest BCUT2D eigenvalue weighted by atomic mass is 19.4. The zero-order valence-corrected chi connectivity index (χ0v) is 15.7. The number of hydrogen-bond donors (Lipinski definition) is 2. The molecular weight excluding hydrogens is 450 g/mol. The van der Waals surface area contributed by atoms with Crippen molar-refractivity contribution in [2.75, 3.05) is 10.6 Å². The molecule has 2 N–H and O–H groups in total. The third-order valence-corrected chi connectivity index (χ3v) is 4.44. The molecule has 14 heteroatoms. The molecule has 1 heterocycles. The van der Waals surface area contributed by atoms with E-state index in [2.05, 4.69) is 0 Å². The van der Waals surface area contributed by atoms with Crippen molar-refractivity contribution in [3.05, 3.63) is 57.9 Å². The first-order valence-corrected chi connectivity index (χ1v) is 8.74. The summed E-state index contributed by atoms with van der Waals surface area (Å²) < 4.78 is 74.7. The first-order chi connectivity index (χ1) is 14.8. The van der Waals surface area contributed by atoms with Crippen molar-refractivity contribution in [2.24, 2.45) is 0 Å². The van der Waals surface area contributed by atoms with Gasteiger partial charge in [0.1, 0.15) is 0 Å². The summed E-state index contributed by atoms with van der Waals surface area (Å²) in [5, 5.41) is 28.3. The van der Waals surface area contributed by atoms with E-state index in [0.717, 1.165) is 24.3 Å². The Kier molecular flexibility index (Phi) is 5.72. The number of carbonyl (C=O) groups is 2. The van der Waals surface area contributed by atoms with Crippen LogP contribution in [0.1, 0.15) is 11.1 Å². The van der Waals surface area contributed by atoms with Gasteiger partial charge in [0.2, 0.25) is 0 Å². The van der Waals surface area contributed by atoms with E-state index in [0.29, 0.717) is 0 Å². The number of azo groups is 1. The molecule has 0 aromatic heterocycles. The number of amides is 2. The van der Waals surface area contributed by atoms with Gasteiger partial charge in [-0.05, 0) is 25.0 Å². The van der Waals surface area contributed by atoms with E-state index < -0.39 is 35.5 Å². The molecule has 0 atom stereocenters. The van der Waals surface area contributed by atoms with Crippen LogP contribution in [0, 0.1) is 10.4 Å². The Morgan fingerprint density at radius 2 is 1.06 bits per heavy atom. The Balaban J connectivity index is 2.00. The van der Waals surface area contributed by atoms with Gasteiger partial charge < -0.3 is 21.0 Å². The number of nitrogens with one attached hydrogen (secondary N) is 2. The van der Waals surface area contributed by atoms with Gasteiger partial charge >= 0.3 is 24.2 Å². The monoisotopic (exact) mass is 462 g/mol. The Morgan fingerprint density at radius 3 is 1.38 bits per heavy atom. The fraction of sp³-hybridized carbons (Fsp3) is 0.222. The molecule has 32 heavy (non-hydrogen) atoms. The minimum absolute atomic E-state index is 0.149. The molecule has 0 bridgehead atoms. The lowest BCUT2D eigenvalue weighted by Crippen LogP contribution is -2.30. The quantitative estimate of drug-likeness (QED) is 0.396. The summed E-state index contributed by atoms with van der Waals surface area (Å²) in [5.74, 6) is -4.56. The molecule has 2 amide bonds. The van der Waals surface area contributed by atoms with Gasteiger partial charge in [-0.1, -0.05) is 12.1 Å². The summed E-state index contributed by atoms with van der Waals surface area (Å²) in [4.78, 5) is 21.8. The van der Waals surface area contributed by atoms with E-state index in [9.17, 15) is 46.3 Å². The maximum atomic E-state index is 12.6. The molecule has 1 aliphatic heterocycles. The number of fused-ring (bicyclic) bond motifs is 2. The average molecular weight is 462 g/mol. The number of benzene rings is 2. The van der Waals surface area contributed by atoms with Crippen molar-refractivity contribution >= 4 is 34.6 Å². The molecular formula is C18H12F6N4O4. The molecule has 0 spiro atoms. The van der Waals surface area contributed by atoms with Crippen LogP contribution in [0.25, 0.3) is 0 Å². The molecule has 2 aromatic rings. The molecule has 0 fully saturated rings. The smallest absolute Gasteiger partial charge is 0.471 e. The highest BCUT2D eigenvalue weighted by Gasteiger charge is 2.40. The first-order valence-electron chi connectivity index (χ1n) is 8.74. The second-order valence-electron chi connectivity index (χ2n) is 6.64. The van der Waals surface area contributed by atoms with Gasteiger partial charge in [-0.2, -0.15) is 26.3 Å². The molecule has 0 aliphatic carbocycles. The first kappa shape index (κ1) is 22.8. The van der Waals surface area contributed by atoms with Crippen LogP contribution >= 0.6 is 0 Å². The van der Waals surface area contributed by atoms with Gasteiger partial charge in [-0.15, -0.1) is 0 Å². The van der Waals surface area contributed by atoms with E-state index in [4.69, 9.17) is 0 Å². The van der Waals surface area contributed by atoms with Crippen molar-refractivity contribution in [3.63, 3.8) is 0 Å². The number of anilines is 2. The Hall–Kier alpha value is -3.84. The van der Waals surface area contributed by atoms with Crippen molar-refractivity contribution < 1.29 is 45.7 Å². The third-order valence-electron chi connectivity index (χ3n) is 4.44. The number of hydrogen-bond acceptors (Lipinski definition) is 4. The molecule has 170 valence electrons. The van der Waals surface area contributed by atoms with Gasteiger partial charge in [0.15, 0.2) is 0 Å². The SMILES string of the molecule is O=C(Nc1ccc2c(c1)/[N+]([O-])=[N+](/[O-])c1cc(NC(=O)C(F)(F)F)ccc1CC2)C(F)(F)F. The Morgan fingerprint density at radius 1 is 0.719 bits per heavy atom. The van der Waals surface area contributed by atoms with Crippen LogP contribution in [0.2, 0.25) is 0 Å². The molecule has 8 nitrogen and oxygen atoms in total. The summed E-state index contributed by atoms with van der Waals surface area (Å²) in [6.45, 7) is 0. The number of aryl methyl sites for hydroxylation is 2. The topological polar surface area (TPSA) is 110 Å². The zero-order valence-electron chi connectivity index (χ0n) is 15.7. The van der Waals surface area contributed by atoms with Crippen molar-refractivity contribution in [1.82, 2.24) is 0 Å². The second-order valence-corrected chi connectivity index (χ2v) is 6.64. The summed E-state index contributed by atoms with van der Waals surface area (Å²) in [6, 6.07) is 6.54. The normalized spacial score (nSPS) is 16.3. The predicted octanol–water partition coefficient (Wildman–Crippen LogP) is 4.22. The van der Waals surface area contributed by atoms with Gasteiger partial charge in [-0.25, -0.2) is 0 Å². The Labute approximate surface area is 174 Å². The van der Waals surface area contributed by atoms with Crippen LogP contribution in [0.5, 0.6) is 0 Å². The van der Waals surface area contributed by atoms with Crippen molar-refractivity contribution in [3.8, 4) is 0 Å². The van der Waals surface area contributed by atoms with Gasteiger partial charge in [-0.3, -0.25) is 9.59 Å². The molecule has 3 rings (SSSR count). The van der Waals surface area contributed by atoms with Crippen molar-refractivity contribution in [2.45, 2.75) is 25.2 Å². The fourth-order valence-corrected chi connectivity index (χ4v) is 2.93. The number of carbonyl (C=O) groups excluding carboxylic acids is 2. The third kappa shape index (κ3) is 4.73. The minimum atomic E-state index is -5.18. The summed E-state index contributed by atoms with van der Waals surface area (Å²) >= 11 is 0. The van der Waals surface area contributed by atoms with Crippen LogP contribution in [0.3, 0.4) is 0 Å². The van der Waals surface area contributed by atoms with Crippen molar-refractivity contribution in [1.29, 1.82) is 0 Å². The summed E-state index contributed by atoms with van der Waals surface area (Å²) in [6.07, 6.45) is -10.1.